The Morgan fingerprint density at radius 1 is 1.27 bits per heavy atom. The molecule has 0 radical (unpaired) electrons. The van der Waals surface area contributed by atoms with Gasteiger partial charge in [0.2, 0.25) is 10.0 Å². The van der Waals surface area contributed by atoms with Crippen LogP contribution in [-0.2, 0) is 21.3 Å². The molecule has 0 unspecified atom stereocenters. The van der Waals surface area contributed by atoms with Gasteiger partial charge in [-0.25, -0.2) is 12.7 Å². The highest BCUT2D eigenvalue weighted by atomic mass is 32.2. The molecule has 0 saturated heterocycles. The normalized spacial score (nSPS) is 15.3. The van der Waals surface area contributed by atoms with Crippen molar-refractivity contribution in [2.24, 2.45) is 10.9 Å². The van der Waals surface area contributed by atoms with E-state index < -0.39 is 10.0 Å². The Bertz CT molecular complexity index is 700. The van der Waals surface area contributed by atoms with Crippen molar-refractivity contribution in [2.75, 3.05) is 40.9 Å². The molecule has 1 aromatic rings. The van der Waals surface area contributed by atoms with Crippen LogP contribution in [-0.4, -0.2) is 59.6 Å². The smallest absolute Gasteiger partial charge is 0.242 e. The van der Waals surface area contributed by atoms with Gasteiger partial charge < -0.3 is 15.4 Å². The summed E-state index contributed by atoms with van der Waals surface area (Å²) in [6.45, 7) is 2.75. The maximum Gasteiger partial charge on any atom is 0.242 e. The number of guanidine groups is 1. The summed E-state index contributed by atoms with van der Waals surface area (Å²) < 4.78 is 31.7. The fourth-order valence-electron chi connectivity index (χ4n) is 2.41. The second-order valence-corrected chi connectivity index (χ2v) is 8.74. The Balaban J connectivity index is 1.80. The first kappa shape index (κ1) is 20.7. The monoisotopic (exact) mass is 382 g/mol. The quantitative estimate of drug-likeness (QED) is 0.363. The Labute approximate surface area is 156 Å². The van der Waals surface area contributed by atoms with Gasteiger partial charge in [0.05, 0.1) is 4.90 Å². The first-order valence-electron chi connectivity index (χ1n) is 8.98. The number of nitrogens with zero attached hydrogens (tertiary/aromatic N) is 2. The molecule has 1 fully saturated rings. The lowest BCUT2D eigenvalue weighted by Crippen LogP contribution is -2.38. The molecular weight excluding hydrogens is 352 g/mol. The van der Waals surface area contributed by atoms with E-state index in [0.717, 1.165) is 32.1 Å². The molecule has 0 aliphatic heterocycles. The van der Waals surface area contributed by atoms with Crippen LogP contribution in [0.5, 0.6) is 0 Å². The third-order valence-electron chi connectivity index (χ3n) is 4.21. The van der Waals surface area contributed by atoms with E-state index in [-0.39, 0.29) is 0 Å². The number of nitrogens with one attached hydrogen (secondary N) is 2. The fraction of sp³-hybridized carbons (Fsp3) is 0.611. The molecule has 0 heterocycles. The zero-order chi connectivity index (χ0) is 19.0. The minimum atomic E-state index is -3.47. The highest BCUT2D eigenvalue weighted by molar-refractivity contribution is 7.89. The third kappa shape index (κ3) is 6.26. The van der Waals surface area contributed by atoms with Crippen molar-refractivity contribution in [2.45, 2.75) is 30.7 Å². The molecule has 2 rings (SSSR count). The van der Waals surface area contributed by atoms with Crippen molar-refractivity contribution < 1.29 is 13.2 Å². The Morgan fingerprint density at radius 3 is 2.65 bits per heavy atom. The van der Waals surface area contributed by atoms with Gasteiger partial charge in [-0.2, -0.15) is 0 Å². The van der Waals surface area contributed by atoms with Crippen LogP contribution in [0.4, 0.5) is 0 Å². The maximum absolute atomic E-state index is 12.4. The number of benzene rings is 1. The van der Waals surface area contributed by atoms with Crippen LogP contribution in [0.1, 0.15) is 24.8 Å². The van der Waals surface area contributed by atoms with Crippen molar-refractivity contribution in [1.29, 1.82) is 0 Å². The lowest BCUT2D eigenvalue weighted by Gasteiger charge is -2.17. The van der Waals surface area contributed by atoms with E-state index >= 15 is 0 Å². The zero-order valence-electron chi connectivity index (χ0n) is 15.9. The van der Waals surface area contributed by atoms with Crippen molar-refractivity contribution in [3.8, 4) is 0 Å². The van der Waals surface area contributed by atoms with Gasteiger partial charge in [-0.15, -0.1) is 0 Å². The largest absolute Gasteiger partial charge is 0.381 e. The second-order valence-electron chi connectivity index (χ2n) is 6.62. The van der Waals surface area contributed by atoms with Crippen LogP contribution < -0.4 is 10.6 Å². The van der Waals surface area contributed by atoms with Crippen molar-refractivity contribution >= 4 is 16.0 Å². The van der Waals surface area contributed by atoms with Gasteiger partial charge in [0.15, 0.2) is 5.96 Å². The van der Waals surface area contributed by atoms with Gasteiger partial charge in [-0.05, 0) is 36.8 Å². The topological polar surface area (TPSA) is 83.0 Å². The maximum atomic E-state index is 12.4. The fourth-order valence-corrected chi connectivity index (χ4v) is 3.53. The van der Waals surface area contributed by atoms with Crippen LogP contribution in [0.2, 0.25) is 0 Å². The molecule has 1 aromatic carbocycles. The lowest BCUT2D eigenvalue weighted by molar-refractivity contribution is 0.123. The lowest BCUT2D eigenvalue weighted by atomic mass is 10.2. The van der Waals surface area contributed by atoms with E-state index in [1.54, 1.807) is 19.2 Å². The summed E-state index contributed by atoms with van der Waals surface area (Å²) in [6.07, 6.45) is 3.51. The van der Waals surface area contributed by atoms with Crippen LogP contribution in [0, 0.1) is 5.92 Å². The van der Waals surface area contributed by atoms with E-state index in [4.69, 9.17) is 4.74 Å². The predicted molar refractivity (Wildman–Crippen MR) is 104 cm³/mol. The molecule has 0 aromatic heterocycles. The minimum Gasteiger partial charge on any atom is -0.381 e. The molecule has 0 atom stereocenters. The molecule has 1 saturated carbocycles. The summed E-state index contributed by atoms with van der Waals surface area (Å²) in [5.41, 5.74) is 0.705. The van der Waals surface area contributed by atoms with Gasteiger partial charge >= 0.3 is 0 Å². The van der Waals surface area contributed by atoms with Crippen LogP contribution in [0.25, 0.3) is 0 Å². The van der Waals surface area contributed by atoms with Crippen molar-refractivity contribution in [1.82, 2.24) is 14.9 Å². The highest BCUT2D eigenvalue weighted by Crippen LogP contribution is 2.28. The Hall–Kier alpha value is -1.64. The average molecular weight is 383 g/mol. The molecule has 0 amide bonds. The highest BCUT2D eigenvalue weighted by Gasteiger charge is 2.21. The van der Waals surface area contributed by atoms with Crippen molar-refractivity contribution in [3.05, 3.63) is 29.8 Å². The number of hydrogen-bond acceptors (Lipinski definition) is 4. The van der Waals surface area contributed by atoms with Crippen LogP contribution in [0.15, 0.2) is 34.2 Å². The molecule has 1 aliphatic rings. The first-order valence-corrected chi connectivity index (χ1v) is 10.4. The molecule has 146 valence electrons. The summed E-state index contributed by atoms with van der Waals surface area (Å²) in [7, 11) is 1.29. The van der Waals surface area contributed by atoms with Crippen molar-refractivity contribution in [3.63, 3.8) is 0 Å². The van der Waals surface area contributed by atoms with E-state index in [1.807, 2.05) is 12.1 Å². The molecule has 0 bridgehead atoms. The van der Waals surface area contributed by atoms with Crippen LogP contribution >= 0.6 is 0 Å². The summed E-state index contributed by atoms with van der Waals surface area (Å²) in [5.74, 6) is 1.43. The number of hydrogen-bond donors (Lipinski definition) is 2. The number of rotatable bonds is 10. The van der Waals surface area contributed by atoms with E-state index in [0.29, 0.717) is 23.0 Å². The molecule has 26 heavy (non-hydrogen) atoms. The van der Waals surface area contributed by atoms with Gasteiger partial charge in [0.1, 0.15) is 0 Å². The SMILES string of the molecule is CN=C(NCCCOCC1CC1)NCc1ccccc1S(=O)(=O)N(C)C. The zero-order valence-corrected chi connectivity index (χ0v) is 16.7. The number of sulfonamides is 1. The number of aliphatic imine (C=N–C) groups is 1. The van der Waals surface area contributed by atoms with Gasteiger partial charge in [0.25, 0.3) is 0 Å². The molecule has 7 nitrogen and oxygen atoms in total. The molecular formula is C18H30N4O3S. The van der Waals surface area contributed by atoms with E-state index in [2.05, 4.69) is 15.6 Å². The van der Waals surface area contributed by atoms with E-state index in [1.165, 1.54) is 31.2 Å². The van der Waals surface area contributed by atoms with Gasteiger partial charge in [-0.3, -0.25) is 4.99 Å². The average Bonchev–Trinajstić information content (AvgIpc) is 3.45. The van der Waals surface area contributed by atoms with Gasteiger partial charge in [-0.1, -0.05) is 18.2 Å². The third-order valence-corrected chi connectivity index (χ3v) is 6.13. The summed E-state index contributed by atoms with van der Waals surface area (Å²) in [5, 5.41) is 6.39. The first-order chi connectivity index (χ1) is 12.4. The molecule has 1 aliphatic carbocycles. The Morgan fingerprint density at radius 2 is 2.00 bits per heavy atom. The number of ether oxygens (including phenoxy) is 1. The molecule has 8 heteroatoms. The van der Waals surface area contributed by atoms with Gasteiger partial charge in [0, 0.05) is 47.4 Å². The van der Waals surface area contributed by atoms with E-state index in [9.17, 15) is 8.42 Å². The Kier molecular flexibility index (Phi) is 7.86. The molecule has 0 spiro atoms. The van der Waals surface area contributed by atoms with Crippen LogP contribution in [0.3, 0.4) is 0 Å². The summed E-state index contributed by atoms with van der Waals surface area (Å²) in [4.78, 5) is 4.49. The predicted octanol–water partition coefficient (Wildman–Crippen LogP) is 1.42. The summed E-state index contributed by atoms with van der Waals surface area (Å²) >= 11 is 0. The second kappa shape index (κ2) is 9.89. The standard InChI is InChI=1S/C18H30N4O3S/c1-19-18(20-11-6-12-25-14-15-9-10-15)21-13-16-7-4-5-8-17(16)26(23,24)22(2)3/h4-5,7-8,15H,6,9-14H2,1-3H3,(H2,19,20,21). The summed E-state index contributed by atoms with van der Waals surface area (Å²) in [6, 6.07) is 7.00. The minimum absolute atomic E-state index is 0.307. The molecule has 2 N–H and O–H groups in total.